The molecule has 0 amide bonds. The second-order valence-electron chi connectivity index (χ2n) is 3.22. The molecule has 1 aliphatic rings. The van der Waals surface area contributed by atoms with Crippen LogP contribution >= 0.6 is 0 Å². The highest BCUT2D eigenvalue weighted by Crippen LogP contribution is 2.28. The largest absolute Gasteiger partial charge is 0.387 e. The molecule has 1 N–H and O–H groups in total. The molecule has 0 aromatic carbocycles. The summed E-state index contributed by atoms with van der Waals surface area (Å²) in [4.78, 5) is 0. The first-order chi connectivity index (χ1) is 5.22. The summed E-state index contributed by atoms with van der Waals surface area (Å²) in [5.74, 6) is -0.149. The van der Waals surface area contributed by atoms with E-state index in [1.54, 1.807) is 0 Å². The van der Waals surface area contributed by atoms with Crippen molar-refractivity contribution in [3.8, 4) is 0 Å². The van der Waals surface area contributed by atoms with E-state index in [9.17, 15) is 8.78 Å². The average molecular weight is 164 g/mol. The van der Waals surface area contributed by atoms with Crippen molar-refractivity contribution in [1.82, 2.24) is 0 Å². The number of halogens is 2. The fourth-order valence-electron chi connectivity index (χ4n) is 1.68. The van der Waals surface area contributed by atoms with Gasteiger partial charge in [-0.05, 0) is 18.8 Å². The molecule has 1 atom stereocenters. The Morgan fingerprint density at radius 3 is 2.09 bits per heavy atom. The number of alkyl halides is 2. The highest BCUT2D eigenvalue weighted by Gasteiger charge is 2.28. The second kappa shape index (κ2) is 4.00. The Labute approximate surface area is 65.4 Å². The predicted molar refractivity (Wildman–Crippen MR) is 38.6 cm³/mol. The smallest absolute Gasteiger partial charge is 0.264 e. The molecule has 0 saturated heterocycles. The molecule has 3 heteroatoms. The predicted octanol–water partition coefficient (Wildman–Crippen LogP) is 2.19. The van der Waals surface area contributed by atoms with E-state index in [1.807, 2.05) is 0 Å². The number of aliphatic hydroxyl groups excluding tert-OH is 1. The van der Waals surface area contributed by atoms with Crippen LogP contribution in [0.15, 0.2) is 0 Å². The first-order valence-electron chi connectivity index (χ1n) is 4.18. The fraction of sp³-hybridized carbons (Fsp3) is 1.00. The van der Waals surface area contributed by atoms with E-state index in [2.05, 4.69) is 0 Å². The summed E-state index contributed by atoms with van der Waals surface area (Å²) >= 11 is 0. The van der Waals surface area contributed by atoms with Crippen molar-refractivity contribution in [2.24, 2.45) is 5.92 Å². The van der Waals surface area contributed by atoms with Crippen LogP contribution in [0.5, 0.6) is 0 Å². The molecule has 1 fully saturated rings. The van der Waals surface area contributed by atoms with Gasteiger partial charge < -0.3 is 5.11 Å². The lowest BCUT2D eigenvalue weighted by Gasteiger charge is -2.25. The lowest BCUT2D eigenvalue weighted by atomic mass is 9.85. The lowest BCUT2D eigenvalue weighted by molar-refractivity contribution is -0.0471. The van der Waals surface area contributed by atoms with Gasteiger partial charge in [0.2, 0.25) is 0 Å². The first-order valence-corrected chi connectivity index (χ1v) is 4.18. The number of aliphatic hydroxyl groups is 1. The van der Waals surface area contributed by atoms with Gasteiger partial charge in [-0.3, -0.25) is 0 Å². The molecule has 1 nitrogen and oxygen atoms in total. The van der Waals surface area contributed by atoms with Gasteiger partial charge in [-0.1, -0.05) is 19.3 Å². The zero-order valence-corrected chi connectivity index (χ0v) is 6.47. The van der Waals surface area contributed by atoms with E-state index >= 15 is 0 Å². The molecular weight excluding hydrogens is 150 g/mol. The topological polar surface area (TPSA) is 20.2 Å². The zero-order valence-electron chi connectivity index (χ0n) is 6.47. The molecule has 0 bridgehead atoms. The van der Waals surface area contributed by atoms with Crippen LogP contribution in [0, 0.1) is 5.92 Å². The molecule has 11 heavy (non-hydrogen) atoms. The van der Waals surface area contributed by atoms with Crippen molar-refractivity contribution in [2.75, 3.05) is 0 Å². The van der Waals surface area contributed by atoms with E-state index in [0.717, 1.165) is 32.1 Å². The maximum atomic E-state index is 12.0. The molecule has 0 spiro atoms. The molecule has 66 valence electrons. The van der Waals surface area contributed by atoms with Gasteiger partial charge in [0, 0.05) is 0 Å². The summed E-state index contributed by atoms with van der Waals surface area (Å²) < 4.78 is 23.9. The summed E-state index contributed by atoms with van der Waals surface area (Å²) in [5.41, 5.74) is 0. The molecule has 0 aromatic heterocycles. The molecule has 1 aliphatic carbocycles. The van der Waals surface area contributed by atoms with Gasteiger partial charge in [0.05, 0.1) is 0 Å². The second-order valence-corrected chi connectivity index (χ2v) is 3.22. The number of hydrogen-bond donors (Lipinski definition) is 1. The third-order valence-electron chi connectivity index (χ3n) is 2.39. The Morgan fingerprint density at radius 1 is 1.09 bits per heavy atom. The SMILES string of the molecule is OC(C(F)F)C1CCCCC1. The zero-order chi connectivity index (χ0) is 8.27. The van der Waals surface area contributed by atoms with Gasteiger partial charge in [0.15, 0.2) is 0 Å². The van der Waals surface area contributed by atoms with Crippen LogP contribution < -0.4 is 0 Å². The van der Waals surface area contributed by atoms with Gasteiger partial charge >= 0.3 is 0 Å². The molecule has 0 aromatic rings. The van der Waals surface area contributed by atoms with Crippen molar-refractivity contribution < 1.29 is 13.9 Å². The Bertz CT molecular complexity index is 111. The molecular formula is C8H14F2O. The minimum atomic E-state index is -2.56. The Kier molecular flexibility index (Phi) is 3.24. The quantitative estimate of drug-likeness (QED) is 0.663. The lowest BCUT2D eigenvalue weighted by Crippen LogP contribution is -2.29. The molecule has 0 radical (unpaired) electrons. The maximum absolute atomic E-state index is 12.0. The third kappa shape index (κ3) is 2.40. The van der Waals surface area contributed by atoms with Crippen LogP contribution in [0.4, 0.5) is 8.78 Å². The summed E-state index contributed by atoms with van der Waals surface area (Å²) in [6.45, 7) is 0. The Balaban J connectivity index is 2.32. The Hall–Kier alpha value is -0.180. The van der Waals surface area contributed by atoms with Crippen LogP contribution in [0.1, 0.15) is 32.1 Å². The maximum Gasteiger partial charge on any atom is 0.264 e. The monoisotopic (exact) mass is 164 g/mol. The molecule has 1 saturated carbocycles. The van der Waals surface area contributed by atoms with Crippen LogP contribution in [0.2, 0.25) is 0 Å². The van der Waals surface area contributed by atoms with E-state index < -0.39 is 12.5 Å². The van der Waals surface area contributed by atoms with Gasteiger partial charge in [-0.25, -0.2) is 8.78 Å². The van der Waals surface area contributed by atoms with Crippen molar-refractivity contribution in [3.05, 3.63) is 0 Å². The molecule has 0 aliphatic heterocycles. The third-order valence-corrected chi connectivity index (χ3v) is 2.39. The number of hydrogen-bond acceptors (Lipinski definition) is 1. The van der Waals surface area contributed by atoms with Gasteiger partial charge in [0.1, 0.15) is 6.10 Å². The van der Waals surface area contributed by atoms with Gasteiger partial charge in [0.25, 0.3) is 6.43 Å². The van der Waals surface area contributed by atoms with Crippen LogP contribution in [0.3, 0.4) is 0 Å². The van der Waals surface area contributed by atoms with E-state index in [-0.39, 0.29) is 5.92 Å². The average Bonchev–Trinajstić information content (AvgIpc) is 2.05. The Morgan fingerprint density at radius 2 is 1.64 bits per heavy atom. The molecule has 1 rings (SSSR count). The standard InChI is InChI=1S/C8H14F2O/c9-8(10)7(11)6-4-2-1-3-5-6/h6-8,11H,1-5H2. The summed E-state index contributed by atoms with van der Waals surface area (Å²) in [6.07, 6.45) is 0.722. The summed E-state index contributed by atoms with van der Waals surface area (Å²) in [5, 5.41) is 9.00. The minimum absolute atomic E-state index is 0.149. The van der Waals surface area contributed by atoms with Crippen molar-refractivity contribution in [1.29, 1.82) is 0 Å². The van der Waals surface area contributed by atoms with Crippen LogP contribution in [0.25, 0.3) is 0 Å². The first kappa shape index (κ1) is 8.91. The highest BCUT2D eigenvalue weighted by molar-refractivity contribution is 4.74. The normalized spacial score (nSPS) is 24.0. The highest BCUT2D eigenvalue weighted by atomic mass is 19.3. The number of rotatable bonds is 2. The van der Waals surface area contributed by atoms with Crippen molar-refractivity contribution in [2.45, 2.75) is 44.6 Å². The van der Waals surface area contributed by atoms with Crippen molar-refractivity contribution in [3.63, 3.8) is 0 Å². The minimum Gasteiger partial charge on any atom is -0.387 e. The van der Waals surface area contributed by atoms with E-state index in [0.29, 0.717) is 0 Å². The molecule has 1 unspecified atom stereocenters. The van der Waals surface area contributed by atoms with Crippen LogP contribution in [-0.4, -0.2) is 17.6 Å². The summed E-state index contributed by atoms with van der Waals surface area (Å²) in [6, 6.07) is 0. The van der Waals surface area contributed by atoms with Gasteiger partial charge in [-0.15, -0.1) is 0 Å². The molecule has 0 heterocycles. The van der Waals surface area contributed by atoms with Gasteiger partial charge in [-0.2, -0.15) is 0 Å². The van der Waals surface area contributed by atoms with Crippen molar-refractivity contribution >= 4 is 0 Å². The van der Waals surface area contributed by atoms with E-state index in [1.165, 1.54) is 0 Å². The van der Waals surface area contributed by atoms with E-state index in [4.69, 9.17) is 5.11 Å². The van der Waals surface area contributed by atoms with Crippen LogP contribution in [-0.2, 0) is 0 Å². The fourth-order valence-corrected chi connectivity index (χ4v) is 1.68. The summed E-state index contributed by atoms with van der Waals surface area (Å²) in [7, 11) is 0.